The maximum atomic E-state index is 11.5. The predicted molar refractivity (Wildman–Crippen MR) is 140 cm³/mol. The Labute approximate surface area is 207 Å². The zero-order chi connectivity index (χ0) is 25.2. The minimum atomic E-state index is -0.586. The molecule has 0 saturated carbocycles. The van der Waals surface area contributed by atoms with Gasteiger partial charge in [0.1, 0.15) is 5.52 Å². The number of aromatic nitrogens is 1. The van der Waals surface area contributed by atoms with Gasteiger partial charge in [0.05, 0.1) is 10.6 Å². The van der Waals surface area contributed by atoms with Crippen LogP contribution in [0.3, 0.4) is 0 Å². The number of phenols is 1. The van der Waals surface area contributed by atoms with Gasteiger partial charge in [0, 0.05) is 23.4 Å². The van der Waals surface area contributed by atoms with E-state index in [1.54, 1.807) is 24.3 Å². The summed E-state index contributed by atoms with van der Waals surface area (Å²) in [4.78, 5) is 20.0. The van der Waals surface area contributed by atoms with E-state index in [0.717, 1.165) is 16.7 Å². The van der Waals surface area contributed by atoms with E-state index in [1.165, 1.54) is 17.8 Å². The molecular formula is C29H23N3O4. The first kappa shape index (κ1) is 23.0. The van der Waals surface area contributed by atoms with Crippen molar-refractivity contribution in [3.63, 3.8) is 0 Å². The molecule has 0 radical (unpaired) electrons. The van der Waals surface area contributed by atoms with Crippen LogP contribution in [-0.4, -0.2) is 21.2 Å². The largest absolute Gasteiger partial charge is 0.502 e. The maximum absolute atomic E-state index is 11.5. The van der Waals surface area contributed by atoms with Crippen LogP contribution in [-0.2, 0) is 6.42 Å². The van der Waals surface area contributed by atoms with Crippen molar-refractivity contribution in [1.29, 1.82) is 0 Å². The molecule has 0 aliphatic heterocycles. The SMILES string of the molecule is Cc1ccc(-c2nc3cc(N=Cc4cc(Cc5ccccc5)cc([N+](=O)[O-])c4O)ccc3o2)cc1C. The summed E-state index contributed by atoms with van der Waals surface area (Å²) in [5.41, 5.74) is 6.74. The lowest BCUT2D eigenvalue weighted by molar-refractivity contribution is -0.385. The first-order chi connectivity index (χ1) is 17.4. The Kier molecular flexibility index (Phi) is 6.04. The number of nitro groups is 1. The van der Waals surface area contributed by atoms with Crippen LogP contribution in [0.1, 0.15) is 27.8 Å². The van der Waals surface area contributed by atoms with Gasteiger partial charge >= 0.3 is 5.69 Å². The Bertz CT molecular complexity index is 1620. The summed E-state index contributed by atoms with van der Waals surface area (Å²) in [5, 5.41) is 22.1. The van der Waals surface area contributed by atoms with Crippen LogP contribution in [0.4, 0.5) is 11.4 Å². The predicted octanol–water partition coefficient (Wildman–Crippen LogP) is 7.07. The number of hydrogen-bond acceptors (Lipinski definition) is 6. The molecule has 0 aliphatic rings. The molecule has 0 fully saturated rings. The van der Waals surface area contributed by atoms with E-state index < -0.39 is 10.7 Å². The topological polar surface area (TPSA) is 102 Å². The molecule has 5 aromatic rings. The van der Waals surface area contributed by atoms with Gasteiger partial charge in [0.25, 0.3) is 0 Å². The highest BCUT2D eigenvalue weighted by atomic mass is 16.6. The van der Waals surface area contributed by atoms with E-state index in [-0.39, 0.29) is 11.3 Å². The fourth-order valence-corrected chi connectivity index (χ4v) is 4.01. The van der Waals surface area contributed by atoms with E-state index in [0.29, 0.717) is 34.7 Å². The molecule has 7 nitrogen and oxygen atoms in total. The molecule has 0 saturated heterocycles. The Morgan fingerprint density at radius 3 is 2.53 bits per heavy atom. The van der Waals surface area contributed by atoms with Gasteiger partial charge in [-0.2, -0.15) is 0 Å². The van der Waals surface area contributed by atoms with Crippen LogP contribution in [0.15, 0.2) is 88.3 Å². The summed E-state index contributed by atoms with van der Waals surface area (Å²) in [6.45, 7) is 4.10. The number of oxazole rings is 1. The van der Waals surface area contributed by atoms with Gasteiger partial charge in [-0.3, -0.25) is 15.1 Å². The van der Waals surface area contributed by atoms with Crippen LogP contribution in [0.2, 0.25) is 0 Å². The molecule has 1 aromatic heterocycles. The highest BCUT2D eigenvalue weighted by molar-refractivity contribution is 5.89. The molecule has 178 valence electrons. The van der Waals surface area contributed by atoms with Crippen LogP contribution in [0, 0.1) is 24.0 Å². The Hall–Kier alpha value is -4.78. The molecule has 5 rings (SSSR count). The maximum Gasteiger partial charge on any atom is 0.311 e. The molecule has 0 spiro atoms. The second-order valence-electron chi connectivity index (χ2n) is 8.70. The van der Waals surface area contributed by atoms with E-state index in [4.69, 9.17) is 4.42 Å². The highest BCUT2D eigenvalue weighted by Gasteiger charge is 2.18. The van der Waals surface area contributed by atoms with Gasteiger partial charge in [0.2, 0.25) is 11.6 Å². The first-order valence-corrected chi connectivity index (χ1v) is 11.4. The lowest BCUT2D eigenvalue weighted by atomic mass is 10.0. The number of phenolic OH excluding ortho intramolecular Hbond substituents is 1. The van der Waals surface area contributed by atoms with Gasteiger partial charge in [-0.1, -0.05) is 36.4 Å². The Balaban J connectivity index is 1.46. The number of benzene rings is 4. The number of fused-ring (bicyclic) bond motifs is 1. The number of hydrogen-bond donors (Lipinski definition) is 1. The summed E-state index contributed by atoms with van der Waals surface area (Å²) in [6.07, 6.45) is 1.93. The monoisotopic (exact) mass is 477 g/mol. The molecule has 0 atom stereocenters. The van der Waals surface area contributed by atoms with E-state index in [1.807, 2.05) is 55.5 Å². The number of aryl methyl sites for hydroxylation is 2. The summed E-state index contributed by atoms with van der Waals surface area (Å²) >= 11 is 0. The molecular weight excluding hydrogens is 454 g/mol. The number of rotatable bonds is 6. The normalized spacial score (nSPS) is 11.4. The van der Waals surface area contributed by atoms with Crippen LogP contribution < -0.4 is 0 Å². The molecule has 4 aromatic carbocycles. The molecule has 0 unspecified atom stereocenters. The smallest absolute Gasteiger partial charge is 0.311 e. The fourth-order valence-electron chi connectivity index (χ4n) is 4.01. The number of nitrogens with zero attached hydrogens (tertiary/aromatic N) is 3. The molecule has 1 heterocycles. The van der Waals surface area contributed by atoms with Crippen molar-refractivity contribution in [2.75, 3.05) is 0 Å². The average molecular weight is 478 g/mol. The van der Waals surface area contributed by atoms with Crippen molar-refractivity contribution in [1.82, 2.24) is 4.98 Å². The summed E-state index contributed by atoms with van der Waals surface area (Å²) in [5.74, 6) is 0.108. The van der Waals surface area contributed by atoms with Crippen molar-refractivity contribution < 1.29 is 14.4 Å². The van der Waals surface area contributed by atoms with Crippen molar-refractivity contribution in [3.8, 4) is 17.2 Å². The van der Waals surface area contributed by atoms with E-state index in [9.17, 15) is 15.2 Å². The van der Waals surface area contributed by atoms with E-state index >= 15 is 0 Å². The number of nitro benzene ring substituents is 1. The summed E-state index contributed by atoms with van der Waals surface area (Å²) in [6, 6.07) is 24.1. The minimum absolute atomic E-state index is 0.270. The summed E-state index contributed by atoms with van der Waals surface area (Å²) < 4.78 is 5.92. The van der Waals surface area contributed by atoms with Gasteiger partial charge in [-0.15, -0.1) is 0 Å². The number of aromatic hydroxyl groups is 1. The minimum Gasteiger partial charge on any atom is -0.502 e. The third-order valence-electron chi connectivity index (χ3n) is 6.10. The summed E-state index contributed by atoms with van der Waals surface area (Å²) in [7, 11) is 0. The highest BCUT2D eigenvalue weighted by Crippen LogP contribution is 2.32. The number of aliphatic imine (C=N–C) groups is 1. The Morgan fingerprint density at radius 1 is 0.972 bits per heavy atom. The third-order valence-corrected chi connectivity index (χ3v) is 6.10. The van der Waals surface area contributed by atoms with Gasteiger partial charge in [-0.05, 0) is 78.9 Å². The quantitative estimate of drug-likeness (QED) is 0.160. The molecule has 0 aliphatic carbocycles. The molecule has 0 amide bonds. The second-order valence-corrected chi connectivity index (χ2v) is 8.70. The zero-order valence-electron chi connectivity index (χ0n) is 19.8. The molecule has 36 heavy (non-hydrogen) atoms. The molecule has 0 bridgehead atoms. The van der Waals surface area contributed by atoms with Gasteiger partial charge in [0.15, 0.2) is 5.58 Å². The molecule has 1 N–H and O–H groups in total. The van der Waals surface area contributed by atoms with Crippen LogP contribution in [0.5, 0.6) is 5.75 Å². The Morgan fingerprint density at radius 2 is 1.78 bits per heavy atom. The standard InChI is InChI=1S/C29H23N3O4/c1-18-8-9-22(12-19(18)2)29-31-25-16-24(10-11-27(25)36-29)30-17-23-14-21(13-20-6-4-3-5-7-20)15-26(28(23)33)32(34)35/h3-12,14-17,33H,13H2,1-2H3. The third kappa shape index (κ3) is 4.72. The average Bonchev–Trinajstić information content (AvgIpc) is 3.30. The fraction of sp³-hybridized carbons (Fsp3) is 0.103. The van der Waals surface area contributed by atoms with Crippen LogP contribution in [0.25, 0.3) is 22.6 Å². The lowest BCUT2D eigenvalue weighted by Gasteiger charge is -2.06. The zero-order valence-corrected chi connectivity index (χ0v) is 19.8. The first-order valence-electron chi connectivity index (χ1n) is 11.4. The molecule has 7 heteroatoms. The van der Waals surface area contributed by atoms with Crippen molar-refractivity contribution in [3.05, 3.63) is 117 Å². The van der Waals surface area contributed by atoms with E-state index in [2.05, 4.69) is 16.9 Å². The van der Waals surface area contributed by atoms with Crippen molar-refractivity contribution >= 4 is 28.7 Å². The van der Waals surface area contributed by atoms with Crippen LogP contribution >= 0.6 is 0 Å². The van der Waals surface area contributed by atoms with Gasteiger partial charge < -0.3 is 9.52 Å². The van der Waals surface area contributed by atoms with Gasteiger partial charge in [-0.25, -0.2) is 4.98 Å². The van der Waals surface area contributed by atoms with Crippen molar-refractivity contribution in [2.45, 2.75) is 20.3 Å². The van der Waals surface area contributed by atoms with Crippen molar-refractivity contribution in [2.24, 2.45) is 4.99 Å². The second kappa shape index (κ2) is 9.46. The lowest BCUT2D eigenvalue weighted by Crippen LogP contribution is -1.97.